The van der Waals surface area contributed by atoms with Crippen molar-refractivity contribution in [2.45, 2.75) is 58.0 Å². The van der Waals surface area contributed by atoms with Gasteiger partial charge in [-0.05, 0) is 114 Å². The van der Waals surface area contributed by atoms with Crippen LogP contribution in [-0.2, 0) is 34.5 Å². The number of rotatable bonds is 6. The van der Waals surface area contributed by atoms with Crippen molar-refractivity contribution < 1.29 is 58.6 Å². The van der Waals surface area contributed by atoms with Gasteiger partial charge in [-0.15, -0.1) is 0 Å². The highest BCUT2D eigenvalue weighted by molar-refractivity contribution is 6.33. The van der Waals surface area contributed by atoms with E-state index in [0.29, 0.717) is 34.4 Å². The van der Waals surface area contributed by atoms with Crippen molar-refractivity contribution in [3.05, 3.63) is 116 Å². The Morgan fingerprint density at radius 3 is 1.92 bits per heavy atom. The highest BCUT2D eigenvalue weighted by Gasteiger charge is 2.44. The lowest BCUT2D eigenvalue weighted by atomic mass is 9.89. The zero-order valence-corrected chi connectivity index (χ0v) is 27.8. The van der Waals surface area contributed by atoms with E-state index in [0.717, 1.165) is 17.0 Å². The van der Waals surface area contributed by atoms with Crippen molar-refractivity contribution in [2.75, 3.05) is 7.11 Å². The van der Waals surface area contributed by atoms with Crippen LogP contribution in [0.4, 0.5) is 44.3 Å². The molecule has 0 aromatic heterocycles. The maximum atomic E-state index is 14.1. The van der Waals surface area contributed by atoms with Gasteiger partial charge in [-0.3, -0.25) is 4.90 Å². The van der Waals surface area contributed by atoms with Crippen LogP contribution >= 0.6 is 11.6 Å². The van der Waals surface area contributed by atoms with E-state index < -0.39 is 71.5 Å². The summed E-state index contributed by atoms with van der Waals surface area (Å²) in [7, 11) is 1.23. The number of carbonyl (C=O) groups excluding carboxylic acids is 2. The van der Waals surface area contributed by atoms with E-state index >= 15 is 0 Å². The lowest BCUT2D eigenvalue weighted by Gasteiger charge is -2.25. The van der Waals surface area contributed by atoms with E-state index in [9.17, 15) is 49.1 Å². The minimum Gasteiger partial charge on any atom is -0.465 e. The van der Waals surface area contributed by atoms with Gasteiger partial charge < -0.3 is 9.47 Å². The quantitative estimate of drug-likeness (QED) is 0.146. The lowest BCUT2D eigenvalue weighted by Crippen LogP contribution is -2.32. The highest BCUT2D eigenvalue weighted by atomic mass is 35.5. The first-order valence-electron chi connectivity index (χ1n) is 15.1. The van der Waals surface area contributed by atoms with E-state index in [1.54, 1.807) is 31.2 Å². The first-order chi connectivity index (χ1) is 23.6. The van der Waals surface area contributed by atoms with Crippen LogP contribution < -0.4 is 0 Å². The van der Waals surface area contributed by atoms with Crippen LogP contribution in [0.2, 0.25) is 5.02 Å². The second-order valence-corrected chi connectivity index (χ2v) is 12.5. The first kappa shape index (κ1) is 37.5. The maximum Gasteiger partial charge on any atom is 0.416 e. The molecule has 0 radical (unpaired) electrons. The number of hydrogen-bond acceptors (Lipinski definition) is 4. The van der Waals surface area contributed by atoms with Gasteiger partial charge in [-0.1, -0.05) is 23.7 Å². The molecule has 0 N–H and O–H groups in total. The third-order valence-electron chi connectivity index (χ3n) is 8.61. The monoisotopic (exact) mass is 743 g/mol. The van der Waals surface area contributed by atoms with Crippen LogP contribution in [0.5, 0.6) is 0 Å². The van der Waals surface area contributed by atoms with Gasteiger partial charge in [0.05, 0.1) is 42.0 Å². The number of hydrogen-bond donors (Lipinski definition) is 0. The molecule has 2 atom stereocenters. The number of benzene rings is 4. The molecule has 51 heavy (non-hydrogen) atoms. The molecule has 1 saturated heterocycles. The van der Waals surface area contributed by atoms with Gasteiger partial charge in [0.15, 0.2) is 0 Å². The van der Waals surface area contributed by atoms with Gasteiger partial charge >= 0.3 is 30.6 Å². The molecule has 5 nitrogen and oxygen atoms in total. The third kappa shape index (κ3) is 7.65. The Labute approximate surface area is 290 Å². The molecule has 270 valence electrons. The van der Waals surface area contributed by atoms with Gasteiger partial charge in [-0.2, -0.15) is 39.5 Å². The van der Waals surface area contributed by atoms with Gasteiger partial charge in [0.1, 0.15) is 6.10 Å². The predicted octanol–water partition coefficient (Wildman–Crippen LogP) is 11.2. The van der Waals surface area contributed by atoms with E-state index in [1.165, 1.54) is 33.1 Å². The summed E-state index contributed by atoms with van der Waals surface area (Å²) in [5.74, 6) is -0.558. The first-order valence-corrected chi connectivity index (χ1v) is 15.4. The average Bonchev–Trinajstić information content (AvgIpc) is 3.31. The zero-order chi connectivity index (χ0) is 37.8. The van der Waals surface area contributed by atoms with Gasteiger partial charge in [0, 0.05) is 10.6 Å². The summed E-state index contributed by atoms with van der Waals surface area (Å²) in [5, 5.41) is 0.130. The van der Waals surface area contributed by atoms with Crippen LogP contribution in [0.3, 0.4) is 0 Å². The van der Waals surface area contributed by atoms with Crippen molar-refractivity contribution in [1.29, 1.82) is 0 Å². The molecule has 0 unspecified atom stereocenters. The summed E-state index contributed by atoms with van der Waals surface area (Å²) in [6.45, 7) is 3.87. The molecule has 0 aliphatic carbocycles. The molecule has 15 heteroatoms. The lowest BCUT2D eigenvalue weighted by molar-refractivity contribution is -0.143. The summed E-state index contributed by atoms with van der Waals surface area (Å²) in [6.07, 6.45) is -17.9. The normalized spacial score (nSPS) is 16.7. The largest absolute Gasteiger partial charge is 0.465 e. The Bertz CT molecular complexity index is 1990. The van der Waals surface area contributed by atoms with Crippen molar-refractivity contribution >= 4 is 23.7 Å². The summed E-state index contributed by atoms with van der Waals surface area (Å²) in [4.78, 5) is 26.1. The summed E-state index contributed by atoms with van der Waals surface area (Å²) < 4.78 is 134. The number of amides is 1. The molecule has 4 aromatic carbocycles. The Kier molecular flexibility index (Phi) is 9.89. The number of carbonyl (C=O) groups is 2. The van der Waals surface area contributed by atoms with Crippen molar-refractivity contribution in [3.63, 3.8) is 0 Å². The van der Waals surface area contributed by atoms with E-state index in [2.05, 4.69) is 0 Å². The number of cyclic esters (lactones) is 1. The second-order valence-electron chi connectivity index (χ2n) is 12.1. The van der Waals surface area contributed by atoms with Crippen LogP contribution in [0.25, 0.3) is 22.3 Å². The zero-order valence-electron chi connectivity index (χ0n) is 27.1. The Morgan fingerprint density at radius 2 is 1.37 bits per heavy atom. The fourth-order valence-electron chi connectivity index (χ4n) is 6.14. The van der Waals surface area contributed by atoms with Crippen LogP contribution in [0.1, 0.15) is 62.3 Å². The average molecular weight is 744 g/mol. The molecule has 0 bridgehead atoms. The van der Waals surface area contributed by atoms with E-state index in [4.69, 9.17) is 21.1 Å². The molecule has 0 saturated carbocycles. The number of alkyl halides is 9. The van der Waals surface area contributed by atoms with Crippen molar-refractivity contribution in [2.24, 2.45) is 0 Å². The number of ether oxygens (including phenoxy) is 2. The smallest absolute Gasteiger partial charge is 0.416 e. The van der Waals surface area contributed by atoms with E-state index in [1.807, 2.05) is 0 Å². The van der Waals surface area contributed by atoms with Gasteiger partial charge in [-0.25, -0.2) is 9.59 Å². The summed E-state index contributed by atoms with van der Waals surface area (Å²) >= 11 is 6.63. The number of halogens is 10. The predicted molar refractivity (Wildman–Crippen MR) is 169 cm³/mol. The van der Waals surface area contributed by atoms with Crippen molar-refractivity contribution in [3.8, 4) is 22.3 Å². The number of aryl methyl sites for hydroxylation is 2. The molecule has 1 fully saturated rings. The molecule has 1 amide bonds. The number of methoxy groups -OCH3 is 1. The SMILES string of the molecule is COC(=O)c1ccc(-c2ccc(Cl)c(-c3c(C)cc(C(F)(F)F)cc3CN3C(=O)O[C@H](c4cc(C(F)(F)F)cc(C(F)(F)F)c4)[C@@H]3C)c2)c(C)c1. The second kappa shape index (κ2) is 13.4. The number of esters is 1. The van der Waals surface area contributed by atoms with Crippen LogP contribution in [-0.4, -0.2) is 30.1 Å². The molecule has 5 rings (SSSR count). The van der Waals surface area contributed by atoms with Gasteiger partial charge in [0.25, 0.3) is 0 Å². The fraction of sp³-hybridized carbons (Fsp3) is 0.278. The van der Waals surface area contributed by atoms with Crippen LogP contribution in [0, 0.1) is 13.8 Å². The minimum atomic E-state index is -5.16. The minimum absolute atomic E-state index is 0.0623. The molecule has 4 aromatic rings. The van der Waals surface area contributed by atoms with E-state index in [-0.39, 0.29) is 33.3 Å². The Balaban J connectivity index is 1.60. The van der Waals surface area contributed by atoms with Crippen LogP contribution in [0.15, 0.2) is 66.7 Å². The van der Waals surface area contributed by atoms with Crippen molar-refractivity contribution in [1.82, 2.24) is 4.90 Å². The molecule has 1 aliphatic rings. The Morgan fingerprint density at radius 1 is 0.784 bits per heavy atom. The summed E-state index contributed by atoms with van der Waals surface area (Å²) in [6, 6.07) is 10.9. The Hall–Kier alpha value is -4.72. The molecule has 1 heterocycles. The molecule has 0 spiro atoms. The highest BCUT2D eigenvalue weighted by Crippen LogP contribution is 2.44. The molecular formula is C36H27ClF9NO4. The third-order valence-corrected chi connectivity index (χ3v) is 8.94. The fourth-order valence-corrected chi connectivity index (χ4v) is 6.35. The van der Waals surface area contributed by atoms with Gasteiger partial charge in [0.2, 0.25) is 0 Å². The topological polar surface area (TPSA) is 55.8 Å². The standard InChI is InChI=1S/C36H27ClF9NO4/c1-17-9-21(32(48)50-4)5-7-27(17)20-6-8-29(37)28(14-20)30-18(2)10-24(34(38,39)40)13-23(30)16-47-19(3)31(51-33(47)49)22-11-25(35(41,42)43)15-26(12-22)36(44,45)46/h5-15,19,31H,16H2,1-4H3/t19-,31-/m0/s1. The summed E-state index contributed by atoms with van der Waals surface area (Å²) in [5.41, 5.74) is -2.17. The molecular weight excluding hydrogens is 717 g/mol. The maximum absolute atomic E-state index is 14.1. The molecule has 1 aliphatic heterocycles. The number of nitrogens with zero attached hydrogens (tertiary/aromatic N) is 1.